The molecule has 0 bridgehead atoms. The lowest BCUT2D eigenvalue weighted by Gasteiger charge is -2.23. The van der Waals surface area contributed by atoms with Gasteiger partial charge >= 0.3 is 0 Å². The van der Waals surface area contributed by atoms with Gasteiger partial charge in [-0.25, -0.2) is 0 Å². The van der Waals surface area contributed by atoms with Crippen molar-refractivity contribution in [2.24, 2.45) is 0 Å². The van der Waals surface area contributed by atoms with Crippen LogP contribution in [0.25, 0.3) is 22.3 Å². The van der Waals surface area contributed by atoms with Crippen molar-refractivity contribution in [3.63, 3.8) is 0 Å². The molecule has 1 N–H and O–H groups in total. The van der Waals surface area contributed by atoms with Crippen LogP contribution >= 0.6 is 67.8 Å². The topological polar surface area (TPSA) is 67.5 Å². The lowest BCUT2D eigenvalue weighted by Crippen LogP contribution is -2.32. The third kappa shape index (κ3) is 5.25. The van der Waals surface area contributed by atoms with Crippen LogP contribution < -0.4 is 5.43 Å². The molecule has 1 aliphatic heterocycles. The maximum absolute atomic E-state index is 12.7. The number of hydrogen-bond acceptors (Lipinski definition) is 4. The van der Waals surface area contributed by atoms with Crippen molar-refractivity contribution in [1.29, 1.82) is 0 Å². The van der Waals surface area contributed by atoms with Gasteiger partial charge < -0.3 is 9.52 Å². The van der Waals surface area contributed by atoms with E-state index in [-0.39, 0.29) is 31.0 Å². The minimum atomic E-state index is -0.790. The predicted octanol–water partition coefficient (Wildman–Crippen LogP) is 5.65. The van der Waals surface area contributed by atoms with Crippen molar-refractivity contribution in [2.75, 3.05) is 0 Å². The minimum absolute atomic E-state index is 0.0612. The summed E-state index contributed by atoms with van der Waals surface area (Å²) in [7, 11) is 0. The summed E-state index contributed by atoms with van der Waals surface area (Å²) in [6.07, 6.45) is 0.104. The number of alkyl halides is 3. The second-order valence-corrected chi connectivity index (χ2v) is 12.0. The van der Waals surface area contributed by atoms with Gasteiger partial charge in [0.2, 0.25) is 0 Å². The number of benzene rings is 2. The Bertz CT molecular complexity index is 1010. The van der Waals surface area contributed by atoms with Crippen molar-refractivity contribution in [2.45, 2.75) is 37.6 Å². The quantitative estimate of drug-likeness (QED) is 0.149. The lowest BCUT2D eigenvalue weighted by molar-refractivity contribution is 0.0881. The number of halogens is 3. The molecular formula is C21H19I3O4. The first-order valence-corrected chi connectivity index (χ1v) is 12.6. The van der Waals surface area contributed by atoms with Crippen LogP contribution in [0.3, 0.4) is 0 Å². The number of Topliss-reactive ketones (excluding diaryl/α,β-unsaturated/α-hetero) is 1. The van der Waals surface area contributed by atoms with Crippen molar-refractivity contribution >= 4 is 84.5 Å². The molecule has 0 amide bonds. The Balaban J connectivity index is 1.85. The highest BCUT2D eigenvalue weighted by Gasteiger charge is 2.28. The zero-order chi connectivity index (χ0) is 20.4. The molecule has 0 fully saturated rings. The number of aliphatic hydroxyl groups excluding tert-OH is 1. The standard InChI is InChI=1S/C21H19I3O4/c1-11(22)6-15(23)21(24)18(27)9-16(25)14-8-13-7-12-4-2-3-5-19(12)28-20(13)10-17(14)26/h2-5,7-8,10-11,15,18,21,27H,6,9H2,1H3. The summed E-state index contributed by atoms with van der Waals surface area (Å²) in [5.41, 5.74) is 1.12. The second-order valence-electron chi connectivity index (χ2n) is 6.84. The van der Waals surface area contributed by atoms with Gasteiger partial charge in [0, 0.05) is 35.2 Å². The Kier molecular flexibility index (Phi) is 7.76. The van der Waals surface area contributed by atoms with Crippen molar-refractivity contribution < 1.29 is 14.3 Å². The van der Waals surface area contributed by atoms with Crippen LogP contribution in [0, 0.1) is 0 Å². The van der Waals surface area contributed by atoms with E-state index in [0.717, 1.165) is 11.8 Å². The Morgan fingerprint density at radius 1 is 1.14 bits per heavy atom. The molecular weight excluding hydrogens is 697 g/mol. The molecule has 0 saturated heterocycles. The first-order valence-electron chi connectivity index (χ1n) is 8.86. The number of rotatable bonds is 7. The average Bonchev–Trinajstić information content (AvgIpc) is 2.64. The molecule has 0 saturated carbocycles. The van der Waals surface area contributed by atoms with E-state index in [1.54, 1.807) is 6.07 Å². The van der Waals surface area contributed by atoms with Gasteiger partial charge in [-0.05, 0) is 24.6 Å². The highest BCUT2D eigenvalue weighted by atomic mass is 127. The summed E-state index contributed by atoms with van der Waals surface area (Å²) in [5, 5.41) is 11.4. The second kappa shape index (κ2) is 9.69. The molecule has 7 heteroatoms. The molecule has 1 aromatic rings. The van der Waals surface area contributed by atoms with Gasteiger partial charge in [0.1, 0.15) is 11.3 Å². The summed E-state index contributed by atoms with van der Waals surface area (Å²) in [6.45, 7) is 2.13. The fraction of sp³-hybridized carbons (Fsp3) is 0.333. The van der Waals surface area contributed by atoms with Gasteiger partial charge in [-0.2, -0.15) is 0 Å². The molecule has 148 valence electrons. The van der Waals surface area contributed by atoms with Crippen LogP contribution in [0.5, 0.6) is 0 Å². The Morgan fingerprint density at radius 3 is 2.57 bits per heavy atom. The highest BCUT2D eigenvalue weighted by molar-refractivity contribution is 14.1. The zero-order valence-corrected chi connectivity index (χ0v) is 21.5. The van der Waals surface area contributed by atoms with Gasteiger partial charge in [-0.1, -0.05) is 92.9 Å². The van der Waals surface area contributed by atoms with Crippen molar-refractivity contribution in [1.82, 2.24) is 0 Å². The number of ketones is 1. The molecule has 28 heavy (non-hydrogen) atoms. The Labute approximate surface area is 204 Å². The van der Waals surface area contributed by atoms with Crippen LogP contribution in [0.1, 0.15) is 30.1 Å². The molecule has 0 radical (unpaired) electrons. The maximum atomic E-state index is 12.7. The van der Waals surface area contributed by atoms with Crippen LogP contribution in [0.15, 0.2) is 51.7 Å². The van der Waals surface area contributed by atoms with Crippen LogP contribution in [-0.2, 0) is 0 Å². The average molecular weight is 716 g/mol. The van der Waals surface area contributed by atoms with Gasteiger partial charge in [-0.3, -0.25) is 9.59 Å². The number of carbonyl (C=O) groups excluding carboxylic acids is 1. The van der Waals surface area contributed by atoms with Gasteiger partial charge in [0.15, 0.2) is 11.2 Å². The van der Waals surface area contributed by atoms with Gasteiger partial charge in [-0.15, -0.1) is 0 Å². The summed E-state index contributed by atoms with van der Waals surface area (Å²) in [6, 6.07) is 12.4. The van der Waals surface area contributed by atoms with Crippen LogP contribution in [0.4, 0.5) is 0 Å². The van der Waals surface area contributed by atoms with Crippen LogP contribution in [0.2, 0.25) is 0 Å². The third-order valence-electron chi connectivity index (χ3n) is 4.52. The molecule has 4 nitrogen and oxygen atoms in total. The SMILES string of the molecule is CC(I)CC(I)C(I)C(O)CC(=O)c1cc2cc3ccccc3oc-2cc1=O. The third-order valence-corrected chi connectivity index (χ3v) is 9.39. The summed E-state index contributed by atoms with van der Waals surface area (Å²) < 4.78 is 6.47. The zero-order valence-electron chi connectivity index (χ0n) is 15.1. The molecule has 1 aromatic carbocycles. The first kappa shape index (κ1) is 22.4. The number of fused-ring (bicyclic) bond motifs is 2. The molecule has 2 aliphatic rings. The smallest absolute Gasteiger partial charge is 0.193 e. The Hall–Kier alpha value is -0.270. The molecule has 0 aromatic heterocycles. The van der Waals surface area contributed by atoms with E-state index >= 15 is 0 Å². The number of carbonyl (C=O) groups is 1. The van der Waals surface area contributed by atoms with Crippen molar-refractivity contribution in [3.8, 4) is 11.3 Å². The largest absolute Gasteiger partial charge is 0.456 e. The molecule has 4 atom stereocenters. The highest BCUT2D eigenvalue weighted by Crippen LogP contribution is 2.29. The van der Waals surface area contributed by atoms with E-state index in [9.17, 15) is 14.7 Å². The molecule has 4 unspecified atom stereocenters. The van der Waals surface area contributed by atoms with Gasteiger partial charge in [0.05, 0.1) is 11.7 Å². The number of hydrogen-bond donors (Lipinski definition) is 1. The van der Waals surface area contributed by atoms with E-state index in [1.165, 1.54) is 6.07 Å². The van der Waals surface area contributed by atoms with Crippen LogP contribution in [-0.4, -0.2) is 28.8 Å². The molecule has 3 rings (SSSR count). The summed E-state index contributed by atoms with van der Waals surface area (Å²) in [4.78, 5) is 25.2. The minimum Gasteiger partial charge on any atom is -0.456 e. The first-order chi connectivity index (χ1) is 13.3. The van der Waals surface area contributed by atoms with Gasteiger partial charge in [0.25, 0.3) is 0 Å². The van der Waals surface area contributed by atoms with E-state index in [2.05, 4.69) is 74.7 Å². The monoisotopic (exact) mass is 716 g/mol. The fourth-order valence-corrected chi connectivity index (χ4v) is 6.38. The molecule has 1 heterocycles. The maximum Gasteiger partial charge on any atom is 0.193 e. The normalized spacial score (nSPS) is 16.0. The predicted molar refractivity (Wildman–Crippen MR) is 138 cm³/mol. The number of aliphatic hydroxyl groups is 1. The fourth-order valence-electron chi connectivity index (χ4n) is 3.07. The van der Waals surface area contributed by atoms with E-state index < -0.39 is 6.10 Å². The van der Waals surface area contributed by atoms with E-state index in [1.807, 2.05) is 30.3 Å². The van der Waals surface area contributed by atoms with E-state index in [0.29, 0.717) is 20.8 Å². The summed E-state index contributed by atoms with van der Waals surface area (Å²) >= 11 is 6.89. The van der Waals surface area contributed by atoms with Crippen molar-refractivity contribution in [3.05, 3.63) is 58.3 Å². The molecule has 1 aliphatic carbocycles. The Morgan fingerprint density at radius 2 is 1.86 bits per heavy atom. The van der Waals surface area contributed by atoms with E-state index in [4.69, 9.17) is 4.42 Å². The lowest BCUT2D eigenvalue weighted by atomic mass is 9.97. The summed E-state index contributed by atoms with van der Waals surface area (Å²) in [5.74, 6) is 0.122. The molecule has 0 spiro atoms. The number of para-hydroxylation sites is 1.